The van der Waals surface area contributed by atoms with Gasteiger partial charge in [0, 0.05) is 12.5 Å². The molecule has 0 aromatic carbocycles. The Balaban J connectivity index is 1.94. The number of fused-ring (bicyclic) bond motifs is 1. The van der Waals surface area contributed by atoms with E-state index in [0.717, 1.165) is 5.39 Å². The van der Waals surface area contributed by atoms with Crippen molar-refractivity contribution >= 4 is 26.7 Å². The summed E-state index contributed by atoms with van der Waals surface area (Å²) < 4.78 is 24.3. The zero-order valence-corrected chi connectivity index (χ0v) is 10.4. The topological polar surface area (TPSA) is 89.8 Å². The number of hydrogen-bond donors (Lipinski definition) is 1. The van der Waals surface area contributed by atoms with Gasteiger partial charge >= 0.3 is 0 Å². The van der Waals surface area contributed by atoms with Gasteiger partial charge in [-0.1, -0.05) is 0 Å². The second-order valence-corrected chi connectivity index (χ2v) is 6.07. The maximum atomic E-state index is 11.3. The number of anilines is 1. The molecule has 0 bridgehead atoms. The molecular formula is C10H11N5O2S. The molecule has 0 spiro atoms. The zero-order chi connectivity index (χ0) is 12.8. The summed E-state index contributed by atoms with van der Waals surface area (Å²) in [6, 6.07) is -0.256. The van der Waals surface area contributed by atoms with Crippen molar-refractivity contribution in [1.82, 2.24) is 19.7 Å². The van der Waals surface area contributed by atoms with Gasteiger partial charge in [-0.05, 0) is 6.08 Å². The molecule has 0 radical (unpaired) electrons. The number of sulfone groups is 1. The normalized spacial score (nSPS) is 21.5. The average molecular weight is 265 g/mol. The summed E-state index contributed by atoms with van der Waals surface area (Å²) in [6.07, 6.45) is 4.71. The van der Waals surface area contributed by atoms with Crippen LogP contribution in [0.25, 0.3) is 11.0 Å². The van der Waals surface area contributed by atoms with Crippen LogP contribution in [0.5, 0.6) is 0 Å². The van der Waals surface area contributed by atoms with Gasteiger partial charge in [-0.15, -0.1) is 0 Å². The third-order valence-corrected chi connectivity index (χ3v) is 4.18. The standard InChI is InChI=1S/C10H11N5O2S/c1-15-10-8(4-13-15)9(11-6-12-10)14-7-2-3-18(16,17)5-7/h2-4,6-7H,5H2,1H3,(H,11,12,14). The van der Waals surface area contributed by atoms with E-state index in [9.17, 15) is 8.42 Å². The quantitative estimate of drug-likeness (QED) is 0.827. The van der Waals surface area contributed by atoms with E-state index in [1.807, 2.05) is 0 Å². The number of rotatable bonds is 2. The minimum absolute atomic E-state index is 0.0543. The lowest BCUT2D eigenvalue weighted by atomic mass is 10.3. The van der Waals surface area contributed by atoms with Crippen molar-refractivity contribution < 1.29 is 8.42 Å². The SMILES string of the molecule is Cn1ncc2c(NC3C=CS(=O)(=O)C3)ncnc21. The molecule has 1 unspecified atom stereocenters. The number of aromatic nitrogens is 4. The van der Waals surface area contributed by atoms with Crippen LogP contribution in [-0.2, 0) is 16.9 Å². The highest BCUT2D eigenvalue weighted by Gasteiger charge is 2.22. The number of nitrogens with zero attached hydrogens (tertiary/aromatic N) is 4. The van der Waals surface area contributed by atoms with Crippen LogP contribution in [0.2, 0.25) is 0 Å². The minimum Gasteiger partial charge on any atom is -0.362 e. The molecule has 94 valence electrons. The van der Waals surface area contributed by atoms with Gasteiger partial charge in [-0.25, -0.2) is 18.4 Å². The molecule has 3 heterocycles. The fourth-order valence-corrected chi connectivity index (χ4v) is 3.15. The van der Waals surface area contributed by atoms with E-state index in [0.29, 0.717) is 11.5 Å². The minimum atomic E-state index is -3.07. The van der Waals surface area contributed by atoms with Crippen molar-refractivity contribution in [3.63, 3.8) is 0 Å². The lowest BCUT2D eigenvalue weighted by Crippen LogP contribution is -2.21. The van der Waals surface area contributed by atoms with Gasteiger partial charge in [-0.2, -0.15) is 5.10 Å². The van der Waals surface area contributed by atoms with Crippen LogP contribution in [0.3, 0.4) is 0 Å². The molecule has 7 nitrogen and oxygen atoms in total. The summed E-state index contributed by atoms with van der Waals surface area (Å²) in [5, 5.41) is 9.18. The van der Waals surface area contributed by atoms with Crippen molar-refractivity contribution in [3.05, 3.63) is 24.0 Å². The van der Waals surface area contributed by atoms with E-state index in [-0.39, 0.29) is 11.8 Å². The molecule has 0 saturated carbocycles. The lowest BCUT2D eigenvalue weighted by Gasteiger charge is -2.10. The molecular weight excluding hydrogens is 254 g/mol. The molecule has 1 atom stereocenters. The van der Waals surface area contributed by atoms with Gasteiger partial charge in [0.15, 0.2) is 15.5 Å². The second-order valence-electron chi connectivity index (χ2n) is 4.14. The molecule has 2 aromatic rings. The predicted octanol–water partition coefficient (Wildman–Crippen LogP) is 0.0859. The molecule has 8 heteroatoms. The first-order valence-electron chi connectivity index (χ1n) is 5.35. The largest absolute Gasteiger partial charge is 0.362 e. The first-order chi connectivity index (χ1) is 8.55. The Hall–Kier alpha value is -1.96. The van der Waals surface area contributed by atoms with Crippen molar-refractivity contribution in [3.8, 4) is 0 Å². The second kappa shape index (κ2) is 3.77. The van der Waals surface area contributed by atoms with Crippen LogP contribution in [0.15, 0.2) is 24.0 Å². The van der Waals surface area contributed by atoms with Gasteiger partial charge in [-0.3, -0.25) is 4.68 Å². The van der Waals surface area contributed by atoms with Gasteiger partial charge in [0.05, 0.1) is 23.4 Å². The maximum absolute atomic E-state index is 11.3. The Morgan fingerprint density at radius 1 is 1.44 bits per heavy atom. The van der Waals surface area contributed by atoms with E-state index in [1.54, 1.807) is 24.0 Å². The Morgan fingerprint density at radius 3 is 3.00 bits per heavy atom. The Bertz CT molecular complexity index is 734. The van der Waals surface area contributed by atoms with E-state index in [2.05, 4.69) is 20.4 Å². The Morgan fingerprint density at radius 2 is 2.28 bits per heavy atom. The van der Waals surface area contributed by atoms with Gasteiger partial charge in [0.1, 0.15) is 12.1 Å². The van der Waals surface area contributed by atoms with Crippen LogP contribution < -0.4 is 5.32 Å². The Kier molecular flexibility index (Phi) is 2.34. The first-order valence-corrected chi connectivity index (χ1v) is 7.07. The smallest absolute Gasteiger partial charge is 0.173 e. The fraction of sp³-hybridized carbons (Fsp3) is 0.300. The molecule has 18 heavy (non-hydrogen) atoms. The van der Waals surface area contributed by atoms with E-state index in [4.69, 9.17) is 0 Å². The third-order valence-electron chi connectivity index (χ3n) is 2.78. The van der Waals surface area contributed by atoms with Crippen LogP contribution in [0.4, 0.5) is 5.82 Å². The van der Waals surface area contributed by atoms with Crippen LogP contribution >= 0.6 is 0 Å². The van der Waals surface area contributed by atoms with E-state index in [1.165, 1.54) is 11.7 Å². The molecule has 1 aliphatic rings. The zero-order valence-electron chi connectivity index (χ0n) is 9.61. The van der Waals surface area contributed by atoms with Crippen LogP contribution in [0, 0.1) is 0 Å². The molecule has 0 amide bonds. The summed E-state index contributed by atoms with van der Waals surface area (Å²) >= 11 is 0. The predicted molar refractivity (Wildman–Crippen MR) is 66.6 cm³/mol. The van der Waals surface area contributed by atoms with Crippen molar-refractivity contribution in [2.45, 2.75) is 6.04 Å². The van der Waals surface area contributed by atoms with Gasteiger partial charge in [0.25, 0.3) is 0 Å². The average Bonchev–Trinajstić information content (AvgIpc) is 2.84. The third kappa shape index (κ3) is 1.84. The first kappa shape index (κ1) is 11.1. The highest BCUT2D eigenvalue weighted by atomic mass is 32.2. The van der Waals surface area contributed by atoms with Gasteiger partial charge in [0.2, 0.25) is 0 Å². The summed E-state index contributed by atoms with van der Waals surface area (Å²) in [7, 11) is -1.28. The molecule has 1 aliphatic heterocycles. The Labute approximate surface area is 103 Å². The fourth-order valence-electron chi connectivity index (χ4n) is 1.92. The molecule has 0 aliphatic carbocycles. The van der Waals surface area contributed by atoms with Crippen LogP contribution in [-0.4, -0.2) is 40.0 Å². The molecule has 2 aromatic heterocycles. The van der Waals surface area contributed by atoms with Crippen molar-refractivity contribution in [2.24, 2.45) is 7.05 Å². The summed E-state index contributed by atoms with van der Waals surface area (Å²) in [5.41, 5.74) is 0.706. The van der Waals surface area contributed by atoms with Crippen LogP contribution in [0.1, 0.15) is 0 Å². The van der Waals surface area contributed by atoms with Crippen molar-refractivity contribution in [1.29, 1.82) is 0 Å². The summed E-state index contributed by atoms with van der Waals surface area (Å²) in [5.74, 6) is 0.651. The monoisotopic (exact) mass is 265 g/mol. The number of hydrogen-bond acceptors (Lipinski definition) is 6. The number of nitrogens with one attached hydrogen (secondary N) is 1. The van der Waals surface area contributed by atoms with Crippen molar-refractivity contribution in [2.75, 3.05) is 11.1 Å². The highest BCUT2D eigenvalue weighted by molar-refractivity contribution is 7.94. The lowest BCUT2D eigenvalue weighted by molar-refractivity contribution is 0.605. The molecule has 3 rings (SSSR count). The van der Waals surface area contributed by atoms with E-state index >= 15 is 0 Å². The molecule has 0 saturated heterocycles. The molecule has 1 N–H and O–H groups in total. The highest BCUT2D eigenvalue weighted by Crippen LogP contribution is 2.20. The number of aryl methyl sites for hydroxylation is 1. The molecule has 0 fully saturated rings. The maximum Gasteiger partial charge on any atom is 0.173 e. The van der Waals surface area contributed by atoms with E-state index < -0.39 is 9.84 Å². The van der Waals surface area contributed by atoms with Gasteiger partial charge < -0.3 is 5.32 Å². The summed E-state index contributed by atoms with van der Waals surface area (Å²) in [4.78, 5) is 8.24. The summed E-state index contributed by atoms with van der Waals surface area (Å²) in [6.45, 7) is 0.